The standard InChI is InChI=1S/C12H12N6O4/c1-18-5-8(16-17-18)9(12(21)22)15-11(20)7-4-6(10(13)19)2-3-14-7/h2-5,9H,1H3,(H2,13,19)(H,15,20)(H,21,22). The zero-order valence-electron chi connectivity index (χ0n) is 11.4. The van der Waals surface area contributed by atoms with Crippen molar-refractivity contribution < 1.29 is 19.5 Å². The Morgan fingerprint density at radius 2 is 2.14 bits per heavy atom. The number of rotatable bonds is 5. The van der Waals surface area contributed by atoms with Crippen LogP contribution in [-0.2, 0) is 11.8 Å². The Hall–Kier alpha value is -3.30. The summed E-state index contributed by atoms with van der Waals surface area (Å²) in [6, 6.07) is 1.13. The Kier molecular flexibility index (Phi) is 4.11. The van der Waals surface area contributed by atoms with Crippen LogP contribution < -0.4 is 11.1 Å². The second kappa shape index (κ2) is 5.99. The van der Waals surface area contributed by atoms with Gasteiger partial charge in [0.15, 0.2) is 6.04 Å². The Morgan fingerprint density at radius 3 is 2.68 bits per heavy atom. The van der Waals surface area contributed by atoms with Gasteiger partial charge in [-0.25, -0.2) is 4.79 Å². The van der Waals surface area contributed by atoms with Crippen molar-refractivity contribution in [1.82, 2.24) is 25.3 Å². The fourth-order valence-corrected chi connectivity index (χ4v) is 1.67. The first kappa shape index (κ1) is 15.1. The number of carboxylic acid groups (broad SMARTS) is 1. The topological polar surface area (TPSA) is 153 Å². The van der Waals surface area contributed by atoms with Crippen molar-refractivity contribution in [3.8, 4) is 0 Å². The third-order valence-corrected chi connectivity index (χ3v) is 2.72. The van der Waals surface area contributed by atoms with Crippen molar-refractivity contribution in [2.45, 2.75) is 6.04 Å². The summed E-state index contributed by atoms with van der Waals surface area (Å²) >= 11 is 0. The summed E-state index contributed by atoms with van der Waals surface area (Å²) in [7, 11) is 1.56. The third-order valence-electron chi connectivity index (χ3n) is 2.72. The molecule has 2 aromatic rings. The largest absolute Gasteiger partial charge is 0.479 e. The van der Waals surface area contributed by atoms with Crippen molar-refractivity contribution in [2.24, 2.45) is 12.8 Å². The Morgan fingerprint density at radius 1 is 1.41 bits per heavy atom. The zero-order chi connectivity index (χ0) is 16.3. The average Bonchev–Trinajstić information content (AvgIpc) is 2.90. The van der Waals surface area contributed by atoms with Crippen molar-refractivity contribution in [1.29, 1.82) is 0 Å². The molecule has 2 aromatic heterocycles. The predicted molar refractivity (Wildman–Crippen MR) is 71.6 cm³/mol. The van der Waals surface area contributed by atoms with Gasteiger partial charge in [0.05, 0.1) is 6.20 Å². The van der Waals surface area contributed by atoms with Gasteiger partial charge in [0.1, 0.15) is 11.4 Å². The van der Waals surface area contributed by atoms with E-state index in [1.54, 1.807) is 7.05 Å². The number of primary amides is 1. The maximum Gasteiger partial charge on any atom is 0.332 e. The average molecular weight is 304 g/mol. The van der Waals surface area contributed by atoms with Crippen LogP contribution in [0.3, 0.4) is 0 Å². The maximum absolute atomic E-state index is 12.1. The van der Waals surface area contributed by atoms with Crippen LogP contribution in [0.2, 0.25) is 0 Å². The molecule has 114 valence electrons. The monoisotopic (exact) mass is 304 g/mol. The summed E-state index contributed by atoms with van der Waals surface area (Å²) in [5.74, 6) is -2.80. The quantitative estimate of drug-likeness (QED) is 0.631. The van der Waals surface area contributed by atoms with E-state index in [1.165, 1.54) is 29.2 Å². The minimum absolute atomic E-state index is 0.0643. The number of aliphatic carboxylic acids is 1. The molecule has 0 aliphatic rings. The number of pyridine rings is 1. The number of hydrogen-bond donors (Lipinski definition) is 3. The molecule has 22 heavy (non-hydrogen) atoms. The van der Waals surface area contributed by atoms with E-state index in [0.717, 1.165) is 0 Å². The summed E-state index contributed by atoms with van der Waals surface area (Å²) in [5, 5.41) is 18.7. The van der Waals surface area contributed by atoms with Crippen molar-refractivity contribution in [2.75, 3.05) is 0 Å². The molecule has 0 spiro atoms. The maximum atomic E-state index is 12.1. The lowest BCUT2D eigenvalue weighted by molar-refractivity contribution is -0.139. The number of nitrogens with one attached hydrogen (secondary N) is 1. The molecular formula is C12H12N6O4. The van der Waals surface area contributed by atoms with E-state index < -0.39 is 23.8 Å². The molecule has 0 aromatic carbocycles. The number of carboxylic acids is 1. The molecular weight excluding hydrogens is 292 g/mol. The molecule has 0 aliphatic heterocycles. The molecule has 1 atom stereocenters. The molecule has 2 heterocycles. The Bertz CT molecular complexity index is 741. The number of aryl methyl sites for hydroxylation is 1. The molecule has 0 fully saturated rings. The highest BCUT2D eigenvalue weighted by molar-refractivity contribution is 5.98. The van der Waals surface area contributed by atoms with Crippen molar-refractivity contribution in [3.63, 3.8) is 0 Å². The van der Waals surface area contributed by atoms with Gasteiger partial charge in [0, 0.05) is 18.8 Å². The summed E-state index contributed by atoms with van der Waals surface area (Å²) in [5.41, 5.74) is 5.13. The molecule has 0 saturated heterocycles. The van der Waals surface area contributed by atoms with E-state index in [9.17, 15) is 19.5 Å². The first-order chi connectivity index (χ1) is 10.4. The Balaban J connectivity index is 2.23. The Labute approximate surface area is 123 Å². The first-order valence-electron chi connectivity index (χ1n) is 6.04. The lowest BCUT2D eigenvalue weighted by Crippen LogP contribution is -2.34. The van der Waals surface area contributed by atoms with E-state index in [4.69, 9.17) is 5.73 Å². The van der Waals surface area contributed by atoms with E-state index in [-0.39, 0.29) is 17.0 Å². The van der Waals surface area contributed by atoms with Crippen LogP contribution in [0.1, 0.15) is 32.6 Å². The molecule has 0 radical (unpaired) electrons. The van der Waals surface area contributed by atoms with Crippen LogP contribution >= 0.6 is 0 Å². The fraction of sp³-hybridized carbons (Fsp3) is 0.167. The normalized spacial score (nSPS) is 11.7. The van der Waals surface area contributed by atoms with Gasteiger partial charge < -0.3 is 16.2 Å². The minimum atomic E-state index is -1.39. The van der Waals surface area contributed by atoms with Crippen molar-refractivity contribution in [3.05, 3.63) is 41.5 Å². The minimum Gasteiger partial charge on any atom is -0.479 e. The van der Waals surface area contributed by atoms with E-state index in [1.807, 2.05) is 0 Å². The smallest absolute Gasteiger partial charge is 0.332 e. The molecule has 2 amide bonds. The number of aromatic nitrogens is 4. The second-order valence-electron chi connectivity index (χ2n) is 4.36. The molecule has 4 N–H and O–H groups in total. The van der Waals surface area contributed by atoms with Crippen LogP contribution in [0.5, 0.6) is 0 Å². The van der Waals surface area contributed by atoms with Gasteiger partial charge in [0.25, 0.3) is 5.91 Å². The SMILES string of the molecule is Cn1cc(C(NC(=O)c2cc(C(N)=O)ccn2)C(=O)O)nn1. The highest BCUT2D eigenvalue weighted by atomic mass is 16.4. The summed E-state index contributed by atoms with van der Waals surface area (Å²) in [4.78, 5) is 38.2. The number of hydrogen-bond acceptors (Lipinski definition) is 6. The summed E-state index contributed by atoms with van der Waals surface area (Å²) in [6.45, 7) is 0. The van der Waals surface area contributed by atoms with Gasteiger partial charge in [-0.2, -0.15) is 0 Å². The van der Waals surface area contributed by atoms with Crippen molar-refractivity contribution >= 4 is 17.8 Å². The molecule has 10 heteroatoms. The van der Waals surface area contributed by atoms with Crippen LogP contribution in [0.15, 0.2) is 24.5 Å². The molecule has 0 bridgehead atoms. The van der Waals surface area contributed by atoms with Gasteiger partial charge in [0.2, 0.25) is 5.91 Å². The third kappa shape index (κ3) is 3.23. The van der Waals surface area contributed by atoms with Gasteiger partial charge >= 0.3 is 5.97 Å². The van der Waals surface area contributed by atoms with Crippen LogP contribution in [-0.4, -0.2) is 42.9 Å². The number of carbonyl (C=O) groups is 3. The lowest BCUT2D eigenvalue weighted by atomic mass is 10.2. The van der Waals surface area contributed by atoms with E-state index >= 15 is 0 Å². The van der Waals surface area contributed by atoms with Gasteiger partial charge in [-0.15, -0.1) is 5.10 Å². The molecule has 10 nitrogen and oxygen atoms in total. The summed E-state index contributed by atoms with van der Waals surface area (Å²) < 4.78 is 1.31. The molecule has 0 saturated carbocycles. The first-order valence-corrected chi connectivity index (χ1v) is 6.04. The van der Waals surface area contributed by atoms with Gasteiger partial charge in [-0.05, 0) is 12.1 Å². The van der Waals surface area contributed by atoms with E-state index in [2.05, 4.69) is 20.6 Å². The number of nitrogens with zero attached hydrogens (tertiary/aromatic N) is 4. The lowest BCUT2D eigenvalue weighted by Gasteiger charge is -2.11. The molecule has 0 aliphatic carbocycles. The molecule has 1 unspecified atom stereocenters. The summed E-state index contributed by atoms with van der Waals surface area (Å²) in [6.07, 6.45) is 2.60. The number of carbonyl (C=O) groups excluding carboxylic acids is 2. The van der Waals surface area contributed by atoms with E-state index in [0.29, 0.717) is 0 Å². The van der Waals surface area contributed by atoms with Crippen LogP contribution in [0.25, 0.3) is 0 Å². The van der Waals surface area contributed by atoms with Gasteiger partial charge in [-0.3, -0.25) is 19.3 Å². The highest BCUT2D eigenvalue weighted by Crippen LogP contribution is 2.11. The number of amides is 2. The van der Waals surface area contributed by atoms with Crippen LogP contribution in [0.4, 0.5) is 0 Å². The second-order valence-corrected chi connectivity index (χ2v) is 4.36. The van der Waals surface area contributed by atoms with Crippen LogP contribution in [0, 0.1) is 0 Å². The highest BCUT2D eigenvalue weighted by Gasteiger charge is 2.26. The van der Waals surface area contributed by atoms with Gasteiger partial charge in [-0.1, -0.05) is 5.21 Å². The predicted octanol–water partition coefficient (Wildman–Crippen LogP) is -1.14. The fourth-order valence-electron chi connectivity index (χ4n) is 1.67. The molecule has 2 rings (SSSR count). The number of nitrogens with two attached hydrogens (primary N) is 1. The zero-order valence-corrected chi connectivity index (χ0v) is 11.4.